The minimum atomic E-state index is -0.800. The number of carboxylic acids is 1. The zero-order valence-electron chi connectivity index (χ0n) is 6.42. The molecule has 1 aliphatic carbocycles. The standard InChI is InChI=1S/C7H14N2O2/c8-5-1-2-6(3-5)9-4-7(10)11/h5-6,9H,1-4,8H2,(H,10,11). The second-order valence-corrected chi connectivity index (χ2v) is 3.04. The fraction of sp³-hybridized carbons (Fsp3) is 0.857. The maximum atomic E-state index is 10.1. The van der Waals surface area contributed by atoms with Crippen molar-refractivity contribution in [2.45, 2.75) is 31.3 Å². The number of aliphatic carboxylic acids is 1. The summed E-state index contributed by atoms with van der Waals surface area (Å²) in [6.45, 7) is 0.0530. The van der Waals surface area contributed by atoms with Crippen LogP contribution in [0.25, 0.3) is 0 Å². The number of hydrogen-bond donors (Lipinski definition) is 3. The van der Waals surface area contributed by atoms with Crippen molar-refractivity contribution < 1.29 is 9.90 Å². The van der Waals surface area contributed by atoms with Gasteiger partial charge in [0, 0.05) is 12.1 Å². The van der Waals surface area contributed by atoms with Crippen molar-refractivity contribution in [1.29, 1.82) is 0 Å². The third-order valence-electron chi connectivity index (χ3n) is 2.02. The van der Waals surface area contributed by atoms with Crippen LogP contribution in [0.3, 0.4) is 0 Å². The van der Waals surface area contributed by atoms with Gasteiger partial charge in [-0.05, 0) is 19.3 Å². The summed E-state index contributed by atoms with van der Waals surface area (Å²) in [6.07, 6.45) is 2.93. The van der Waals surface area contributed by atoms with E-state index >= 15 is 0 Å². The average Bonchev–Trinajstić information content (AvgIpc) is 2.31. The van der Waals surface area contributed by atoms with E-state index in [1.54, 1.807) is 0 Å². The van der Waals surface area contributed by atoms with Gasteiger partial charge in [0.25, 0.3) is 0 Å². The molecular weight excluding hydrogens is 144 g/mol. The minimum Gasteiger partial charge on any atom is -0.480 e. The lowest BCUT2D eigenvalue weighted by Gasteiger charge is -2.08. The Morgan fingerprint density at radius 3 is 2.82 bits per heavy atom. The Labute approximate surface area is 65.8 Å². The molecule has 0 aromatic carbocycles. The molecule has 0 amide bonds. The monoisotopic (exact) mass is 158 g/mol. The van der Waals surface area contributed by atoms with Gasteiger partial charge in [0.2, 0.25) is 0 Å². The number of carboxylic acid groups (broad SMARTS) is 1. The zero-order valence-corrected chi connectivity index (χ0v) is 6.42. The Morgan fingerprint density at radius 1 is 1.64 bits per heavy atom. The number of rotatable bonds is 3. The first-order chi connectivity index (χ1) is 5.18. The minimum absolute atomic E-state index is 0.0530. The summed E-state index contributed by atoms with van der Waals surface area (Å²) in [7, 11) is 0. The Morgan fingerprint density at radius 2 is 2.36 bits per heavy atom. The highest BCUT2D eigenvalue weighted by Gasteiger charge is 2.21. The van der Waals surface area contributed by atoms with Gasteiger partial charge in [-0.1, -0.05) is 0 Å². The maximum absolute atomic E-state index is 10.1. The highest BCUT2D eigenvalue weighted by Crippen LogP contribution is 2.16. The average molecular weight is 158 g/mol. The number of carbonyl (C=O) groups is 1. The lowest BCUT2D eigenvalue weighted by molar-refractivity contribution is -0.136. The summed E-state index contributed by atoms with van der Waals surface area (Å²) in [5.41, 5.74) is 5.64. The van der Waals surface area contributed by atoms with Crippen molar-refractivity contribution in [3.63, 3.8) is 0 Å². The van der Waals surface area contributed by atoms with Crippen molar-refractivity contribution in [1.82, 2.24) is 5.32 Å². The normalized spacial score (nSPS) is 30.6. The molecule has 4 N–H and O–H groups in total. The van der Waals surface area contributed by atoms with Crippen LogP contribution < -0.4 is 11.1 Å². The van der Waals surface area contributed by atoms with Gasteiger partial charge in [0.15, 0.2) is 0 Å². The molecule has 0 aliphatic heterocycles. The van der Waals surface area contributed by atoms with Gasteiger partial charge in [0.05, 0.1) is 6.54 Å². The van der Waals surface area contributed by atoms with E-state index in [-0.39, 0.29) is 12.6 Å². The summed E-state index contributed by atoms with van der Waals surface area (Å²) in [5.74, 6) is -0.800. The summed E-state index contributed by atoms with van der Waals surface area (Å²) < 4.78 is 0. The summed E-state index contributed by atoms with van der Waals surface area (Å²) in [6, 6.07) is 0.586. The zero-order chi connectivity index (χ0) is 8.27. The predicted molar refractivity (Wildman–Crippen MR) is 41.3 cm³/mol. The van der Waals surface area contributed by atoms with Crippen LogP contribution in [0, 0.1) is 0 Å². The van der Waals surface area contributed by atoms with E-state index in [2.05, 4.69) is 5.32 Å². The largest absolute Gasteiger partial charge is 0.480 e. The molecule has 0 aromatic heterocycles. The molecule has 0 saturated heterocycles. The Hall–Kier alpha value is -0.610. The second kappa shape index (κ2) is 3.69. The molecule has 2 unspecified atom stereocenters. The molecule has 0 aromatic rings. The maximum Gasteiger partial charge on any atom is 0.317 e. The molecule has 2 atom stereocenters. The fourth-order valence-electron chi connectivity index (χ4n) is 1.43. The quantitative estimate of drug-likeness (QED) is 0.519. The molecule has 4 heteroatoms. The first-order valence-corrected chi connectivity index (χ1v) is 3.89. The topological polar surface area (TPSA) is 75.3 Å². The Bertz CT molecular complexity index is 149. The van der Waals surface area contributed by atoms with Crippen LogP contribution in [0.5, 0.6) is 0 Å². The lowest BCUT2D eigenvalue weighted by Crippen LogP contribution is -2.32. The third-order valence-corrected chi connectivity index (χ3v) is 2.02. The van der Waals surface area contributed by atoms with Crippen molar-refractivity contribution in [3.8, 4) is 0 Å². The van der Waals surface area contributed by atoms with E-state index in [4.69, 9.17) is 10.8 Å². The van der Waals surface area contributed by atoms with Crippen LogP contribution in [-0.4, -0.2) is 29.7 Å². The van der Waals surface area contributed by atoms with E-state index < -0.39 is 5.97 Å². The van der Waals surface area contributed by atoms with E-state index in [1.807, 2.05) is 0 Å². The summed E-state index contributed by atoms with van der Waals surface area (Å²) in [5, 5.41) is 11.3. The second-order valence-electron chi connectivity index (χ2n) is 3.04. The molecule has 0 bridgehead atoms. The Kier molecular flexibility index (Phi) is 2.84. The SMILES string of the molecule is NC1CCC(NCC(=O)O)C1. The predicted octanol–water partition coefficient (Wildman–Crippen LogP) is -0.460. The third kappa shape index (κ3) is 2.86. The van der Waals surface area contributed by atoms with E-state index in [9.17, 15) is 4.79 Å². The molecule has 11 heavy (non-hydrogen) atoms. The molecule has 0 spiro atoms. The first-order valence-electron chi connectivity index (χ1n) is 3.89. The summed E-state index contributed by atoms with van der Waals surface area (Å²) in [4.78, 5) is 10.1. The van der Waals surface area contributed by atoms with Crippen molar-refractivity contribution in [2.75, 3.05) is 6.54 Å². The number of hydrogen-bond acceptors (Lipinski definition) is 3. The van der Waals surface area contributed by atoms with Gasteiger partial charge in [-0.2, -0.15) is 0 Å². The van der Waals surface area contributed by atoms with Gasteiger partial charge in [-0.15, -0.1) is 0 Å². The van der Waals surface area contributed by atoms with Gasteiger partial charge in [0.1, 0.15) is 0 Å². The van der Waals surface area contributed by atoms with Gasteiger partial charge >= 0.3 is 5.97 Å². The number of nitrogens with one attached hydrogen (secondary N) is 1. The molecule has 0 radical (unpaired) electrons. The Balaban J connectivity index is 2.13. The molecule has 1 aliphatic rings. The lowest BCUT2D eigenvalue weighted by atomic mass is 10.2. The van der Waals surface area contributed by atoms with E-state index in [0.717, 1.165) is 19.3 Å². The highest BCUT2D eigenvalue weighted by atomic mass is 16.4. The van der Waals surface area contributed by atoms with Crippen LogP contribution in [0.4, 0.5) is 0 Å². The molecule has 1 rings (SSSR count). The number of nitrogens with two attached hydrogens (primary N) is 1. The fourth-order valence-corrected chi connectivity index (χ4v) is 1.43. The van der Waals surface area contributed by atoms with Crippen LogP contribution in [0.15, 0.2) is 0 Å². The van der Waals surface area contributed by atoms with Crippen LogP contribution >= 0.6 is 0 Å². The molecule has 4 nitrogen and oxygen atoms in total. The highest BCUT2D eigenvalue weighted by molar-refractivity contribution is 5.69. The van der Waals surface area contributed by atoms with Crippen LogP contribution in [0.2, 0.25) is 0 Å². The van der Waals surface area contributed by atoms with Gasteiger partial charge in [-0.3, -0.25) is 4.79 Å². The summed E-state index contributed by atoms with van der Waals surface area (Å²) >= 11 is 0. The smallest absolute Gasteiger partial charge is 0.317 e. The molecular formula is C7H14N2O2. The van der Waals surface area contributed by atoms with Crippen molar-refractivity contribution >= 4 is 5.97 Å². The molecule has 1 fully saturated rings. The van der Waals surface area contributed by atoms with Crippen LogP contribution in [0.1, 0.15) is 19.3 Å². The van der Waals surface area contributed by atoms with Gasteiger partial charge < -0.3 is 16.2 Å². The molecule has 1 saturated carbocycles. The van der Waals surface area contributed by atoms with Gasteiger partial charge in [-0.25, -0.2) is 0 Å². The first kappa shape index (κ1) is 8.49. The van der Waals surface area contributed by atoms with Crippen molar-refractivity contribution in [3.05, 3.63) is 0 Å². The molecule has 64 valence electrons. The van der Waals surface area contributed by atoms with Crippen molar-refractivity contribution in [2.24, 2.45) is 5.73 Å². The molecule has 0 heterocycles. The van der Waals surface area contributed by atoms with Crippen LogP contribution in [-0.2, 0) is 4.79 Å². The van der Waals surface area contributed by atoms with E-state index in [1.165, 1.54) is 0 Å². The van der Waals surface area contributed by atoms with E-state index in [0.29, 0.717) is 6.04 Å².